The monoisotopic (exact) mass is 1310 g/mol. The first-order valence-corrected chi connectivity index (χ1v) is 29.3. The number of aliphatic hydroxyl groups is 1. The standard InChI is InChI=1S/C30H33F3N4O5S.C29H35N3O4S.CH2O3.CH4O.2K.H/c1-5-13-37(28(40)30(31,32)33)21-10-11-22-25(16-21)43-29(35-22)36-27(39)19-8-6-7-18(14-19)17(2)34-26(38)20-9-12-23(41-3)24(15-20)42-4;1-5-6-8-19-11-13-23-26(15-19)37-29(31-23)32-28(34)21-10-7-9-20(16-21)18(2)30-27(33)22-12-14-24(35-3)25(17-22)36-4;2-1-4-3;1-2;;;/h6-9,12,14-15,17,21H,5,10-11,13,16H2,1-4H3,(H,34,38)(H,35,36,39);7,9-10,12,14,16-19H,5-6,8,11,13,15H2,1-4H3,(H,30,33)(H,31,32,34);1,3H;2H,1H3;;;/q;;;;2*+1;-1/p-1/t17-,21+;18-,19+;;;;;/m11...../s1. The number of aliphatic hydroxyl groups excluding tert-OH is 1. The van der Waals surface area contributed by atoms with Crippen LogP contribution in [-0.4, -0.2) is 110 Å². The molecule has 27 heteroatoms. The van der Waals surface area contributed by atoms with Crippen molar-refractivity contribution in [1.29, 1.82) is 0 Å². The third-order valence-corrected chi connectivity index (χ3v) is 16.2. The van der Waals surface area contributed by atoms with Gasteiger partial charge in [0.05, 0.1) is 51.9 Å². The zero-order valence-corrected chi connectivity index (χ0v) is 59.3. The fraction of sp³-hybridized carbons (Fsp3) is 0.410. The number of unbranched alkanes of at least 4 members (excludes halogenated alkanes) is 1. The van der Waals surface area contributed by atoms with Gasteiger partial charge in [-0.15, -0.1) is 22.7 Å². The van der Waals surface area contributed by atoms with Crippen LogP contribution in [0.15, 0.2) is 84.9 Å². The van der Waals surface area contributed by atoms with Gasteiger partial charge < -0.3 is 51.2 Å². The van der Waals surface area contributed by atoms with Crippen molar-refractivity contribution in [3.05, 3.63) is 139 Å². The average Bonchev–Trinajstić information content (AvgIpc) is 2.25. The molecule has 0 saturated heterocycles. The number of anilines is 2. The molecule has 5 N–H and O–H groups in total. The maximum atomic E-state index is 13.2. The molecule has 0 aliphatic heterocycles. The molecule has 0 spiro atoms. The molecule has 0 bridgehead atoms. The quantitative estimate of drug-likeness (QED) is 0.0296. The zero-order valence-electron chi connectivity index (χ0n) is 52.4. The topological polar surface area (TPSA) is 269 Å². The van der Waals surface area contributed by atoms with Crippen molar-refractivity contribution in [2.45, 2.75) is 116 Å². The Morgan fingerprint density at radius 2 is 1.10 bits per heavy atom. The Hall–Kier alpha value is -4.86. The second-order valence-corrected chi connectivity index (χ2v) is 22.0. The molecule has 8 rings (SSSR count). The van der Waals surface area contributed by atoms with Crippen molar-refractivity contribution < 1.29 is 180 Å². The van der Waals surface area contributed by atoms with Crippen molar-refractivity contribution in [3.63, 3.8) is 0 Å². The molecule has 0 unspecified atom stereocenters. The van der Waals surface area contributed by atoms with Gasteiger partial charge in [-0.2, -0.15) is 13.2 Å². The van der Waals surface area contributed by atoms with Crippen LogP contribution in [0.3, 0.4) is 0 Å². The summed E-state index contributed by atoms with van der Waals surface area (Å²) in [5, 5.41) is 28.1. The van der Waals surface area contributed by atoms with E-state index in [0.29, 0.717) is 86.0 Å². The Morgan fingerprint density at radius 3 is 1.51 bits per heavy atom. The second kappa shape index (κ2) is 38.7. The van der Waals surface area contributed by atoms with E-state index in [0.717, 1.165) is 46.9 Å². The van der Waals surface area contributed by atoms with Gasteiger partial charge in [0.1, 0.15) is 0 Å². The minimum Gasteiger partial charge on any atom is -1.00 e. The molecule has 6 aromatic rings. The molecule has 2 heterocycles. The largest absolute Gasteiger partial charge is 1.00 e. The number of carbonyl (C=O) groups is 6. The van der Waals surface area contributed by atoms with Crippen LogP contribution in [-0.2, 0) is 40.2 Å². The van der Waals surface area contributed by atoms with Crippen LogP contribution >= 0.6 is 22.7 Å². The number of fused-ring (bicyclic) bond motifs is 2. The van der Waals surface area contributed by atoms with Crippen molar-refractivity contribution in [2.75, 3.05) is 52.7 Å². The molecule has 4 atom stereocenters. The number of amides is 5. The summed E-state index contributed by atoms with van der Waals surface area (Å²) < 4.78 is 60.6. The summed E-state index contributed by atoms with van der Waals surface area (Å²) in [6.45, 7) is 7.49. The smallest absolute Gasteiger partial charge is 1.00 e. The van der Waals surface area contributed by atoms with Crippen molar-refractivity contribution >= 4 is 68.9 Å². The molecule has 0 fully saturated rings. The number of nitrogens with zero attached hydrogens (tertiary/aromatic N) is 3. The van der Waals surface area contributed by atoms with E-state index in [1.54, 1.807) is 99.0 Å². The second-order valence-electron chi connectivity index (χ2n) is 19.8. The van der Waals surface area contributed by atoms with E-state index in [9.17, 15) is 37.1 Å². The number of halogens is 3. The first-order valence-electron chi connectivity index (χ1n) is 27.7. The summed E-state index contributed by atoms with van der Waals surface area (Å²) in [6.07, 6.45) is 3.49. The van der Waals surface area contributed by atoms with E-state index in [4.69, 9.17) is 39.1 Å². The van der Waals surface area contributed by atoms with Gasteiger partial charge in [-0.05, 0) is 130 Å². The number of thiazole rings is 2. The Balaban J connectivity index is 0.000000545. The molecule has 2 aliphatic carbocycles. The number of nitrogens with one attached hydrogen (secondary N) is 4. The molecule has 88 heavy (non-hydrogen) atoms. The third kappa shape index (κ3) is 22.2. The van der Waals surface area contributed by atoms with E-state index in [1.165, 1.54) is 63.2 Å². The van der Waals surface area contributed by atoms with Crippen molar-refractivity contribution in [2.24, 2.45) is 5.92 Å². The van der Waals surface area contributed by atoms with Crippen molar-refractivity contribution in [3.8, 4) is 23.0 Å². The third-order valence-electron chi connectivity index (χ3n) is 14.1. The first kappa shape index (κ1) is 77.4. The zero-order chi connectivity index (χ0) is 63.1. The number of ether oxygens (including phenoxy) is 4. The molecular formula is C61H74F3K2N7O13S2. The first-order chi connectivity index (χ1) is 41.3. The molecule has 2 aliphatic rings. The van der Waals surface area contributed by atoms with Gasteiger partial charge in [0, 0.05) is 58.1 Å². The number of benzene rings is 4. The van der Waals surface area contributed by atoms with Crippen LogP contribution in [0.5, 0.6) is 23.0 Å². The summed E-state index contributed by atoms with van der Waals surface area (Å²) in [7, 11) is 7.07. The van der Waals surface area contributed by atoms with Crippen LogP contribution in [0.4, 0.5) is 23.4 Å². The van der Waals surface area contributed by atoms with Crippen LogP contribution in [0, 0.1) is 5.92 Å². The molecule has 4 aromatic carbocycles. The van der Waals surface area contributed by atoms with Gasteiger partial charge in [0.25, 0.3) is 30.1 Å². The molecule has 5 amide bonds. The predicted molar refractivity (Wildman–Crippen MR) is 319 cm³/mol. The van der Waals surface area contributed by atoms with E-state index in [1.807, 2.05) is 25.1 Å². The minimum atomic E-state index is -4.93. The maximum Gasteiger partial charge on any atom is 1.00 e. The van der Waals surface area contributed by atoms with Gasteiger partial charge >= 0.3 is 115 Å². The number of hydrogen-bond acceptors (Lipinski definition) is 17. The SMILES string of the molecule is CCCC[C@H]1CCc2nc(NC(=O)c3cccc([C@@H](C)NC(=O)c4ccc(OC)c(OC)c4)c3)sc2C1.CCCN(C(=O)C(F)(F)F)[C@H]1CCc2nc(NC(=O)c3cccc([C@@H](C)NC(=O)c4ccc(OC)c(OC)c4)c3)sc2C1.CO.O=CO[O-].[H-].[K+].[K+]. The van der Waals surface area contributed by atoms with Crippen LogP contribution in [0.25, 0.3) is 0 Å². The molecule has 466 valence electrons. The summed E-state index contributed by atoms with van der Waals surface area (Å²) >= 11 is 2.80. The van der Waals surface area contributed by atoms with Crippen LogP contribution < -0.4 is 148 Å². The number of alkyl halides is 3. The van der Waals surface area contributed by atoms with Gasteiger partial charge in [-0.25, -0.2) is 9.97 Å². The molecule has 2 aromatic heterocycles. The van der Waals surface area contributed by atoms with Gasteiger partial charge in [-0.3, -0.25) is 39.4 Å². The maximum absolute atomic E-state index is 13.2. The molecule has 0 saturated carbocycles. The average molecular weight is 1310 g/mol. The number of aryl methyl sites for hydroxylation is 2. The summed E-state index contributed by atoms with van der Waals surface area (Å²) in [4.78, 5) is 87.3. The Morgan fingerprint density at radius 1 is 0.670 bits per heavy atom. The Labute approximate surface area is 605 Å². The minimum absolute atomic E-state index is 0. The molecular weight excluding hydrogens is 1240 g/mol. The van der Waals surface area contributed by atoms with Gasteiger partial charge in [0.2, 0.25) is 0 Å². The number of hydrogen-bond donors (Lipinski definition) is 5. The summed E-state index contributed by atoms with van der Waals surface area (Å²) in [5.74, 6) is -0.311. The van der Waals surface area contributed by atoms with Crippen molar-refractivity contribution in [1.82, 2.24) is 25.5 Å². The van der Waals surface area contributed by atoms with E-state index in [2.05, 4.69) is 38.1 Å². The molecule has 20 nitrogen and oxygen atoms in total. The fourth-order valence-electron chi connectivity index (χ4n) is 9.69. The summed E-state index contributed by atoms with van der Waals surface area (Å²) in [5.41, 5.74) is 5.10. The number of rotatable bonds is 21. The normalized spacial score (nSPS) is 14.2. The summed E-state index contributed by atoms with van der Waals surface area (Å²) in [6, 6.07) is 22.7. The number of carbonyl (C=O) groups excluding carboxylic acids is 6. The molecule has 0 radical (unpaired) electrons. The van der Waals surface area contributed by atoms with E-state index >= 15 is 0 Å². The van der Waals surface area contributed by atoms with E-state index < -0.39 is 30.1 Å². The van der Waals surface area contributed by atoms with Gasteiger partial charge in [-0.1, -0.05) is 57.4 Å². The number of methoxy groups -OCH3 is 4. The predicted octanol–water partition coefficient (Wildman–Crippen LogP) is 3.92. The Kier molecular flexibility index (Phi) is 34.1. The van der Waals surface area contributed by atoms with Crippen LogP contribution in [0.2, 0.25) is 0 Å². The van der Waals surface area contributed by atoms with Gasteiger partial charge in [0.15, 0.2) is 33.3 Å². The van der Waals surface area contributed by atoms with Crippen LogP contribution in [0.1, 0.15) is 153 Å². The number of aromatic nitrogens is 2. The fourth-order valence-corrected chi connectivity index (χ4v) is 11.9. The van der Waals surface area contributed by atoms with E-state index in [-0.39, 0.29) is 147 Å². The Bertz CT molecular complexity index is 3270.